The van der Waals surface area contributed by atoms with Crippen molar-refractivity contribution in [3.8, 4) is 0 Å². The molecular formula is C16H26N2OS. The summed E-state index contributed by atoms with van der Waals surface area (Å²) in [5.74, 6) is 1.08. The normalized spacial score (nSPS) is 18.4. The van der Waals surface area contributed by atoms with Crippen LogP contribution in [0.5, 0.6) is 0 Å². The molecule has 2 rings (SSSR count). The van der Waals surface area contributed by atoms with E-state index in [-0.39, 0.29) is 0 Å². The van der Waals surface area contributed by atoms with Gasteiger partial charge in [-0.1, -0.05) is 13.0 Å². The molecule has 20 heavy (non-hydrogen) atoms. The van der Waals surface area contributed by atoms with Crippen molar-refractivity contribution in [2.45, 2.75) is 44.2 Å². The lowest BCUT2D eigenvalue weighted by Gasteiger charge is -2.29. The van der Waals surface area contributed by atoms with Crippen molar-refractivity contribution >= 4 is 17.4 Å². The molecule has 1 aliphatic rings. The fraction of sp³-hybridized carbons (Fsp3) is 0.625. The summed E-state index contributed by atoms with van der Waals surface area (Å²) in [6.07, 6.45) is 2.75. The van der Waals surface area contributed by atoms with E-state index < -0.39 is 0 Å². The number of nitrogens with zero attached hydrogens (tertiary/aromatic N) is 1. The number of anilines is 1. The second-order valence-electron chi connectivity index (χ2n) is 5.06. The first-order valence-electron chi connectivity index (χ1n) is 7.61. The fourth-order valence-electron chi connectivity index (χ4n) is 2.78. The highest BCUT2D eigenvalue weighted by atomic mass is 32.2. The quantitative estimate of drug-likeness (QED) is 0.783. The van der Waals surface area contributed by atoms with E-state index in [1.165, 1.54) is 29.0 Å². The second-order valence-corrected chi connectivity index (χ2v) is 6.37. The molecule has 1 aromatic rings. The molecule has 112 valence electrons. The summed E-state index contributed by atoms with van der Waals surface area (Å²) in [5, 5.41) is 0. The van der Waals surface area contributed by atoms with Gasteiger partial charge in [-0.05, 0) is 37.7 Å². The Balaban J connectivity index is 2.20. The SMILES string of the molecule is CCSc1cccc(N(CC)CC2CCCO2)c1CN. The Hall–Kier alpha value is -0.710. The zero-order chi connectivity index (χ0) is 14.4. The first kappa shape index (κ1) is 15.7. The Labute approximate surface area is 126 Å². The van der Waals surface area contributed by atoms with Gasteiger partial charge in [0.05, 0.1) is 6.10 Å². The van der Waals surface area contributed by atoms with Crippen molar-refractivity contribution in [2.75, 3.05) is 30.3 Å². The van der Waals surface area contributed by atoms with Crippen LogP contribution in [0.15, 0.2) is 23.1 Å². The zero-order valence-corrected chi connectivity index (χ0v) is 13.4. The topological polar surface area (TPSA) is 38.5 Å². The van der Waals surface area contributed by atoms with Gasteiger partial charge in [0.15, 0.2) is 0 Å². The minimum atomic E-state index is 0.378. The van der Waals surface area contributed by atoms with E-state index in [0.29, 0.717) is 12.6 Å². The largest absolute Gasteiger partial charge is 0.376 e. The molecule has 4 heteroatoms. The minimum absolute atomic E-state index is 0.378. The summed E-state index contributed by atoms with van der Waals surface area (Å²) in [4.78, 5) is 3.73. The third-order valence-corrected chi connectivity index (χ3v) is 4.76. The van der Waals surface area contributed by atoms with Gasteiger partial charge in [0, 0.05) is 42.4 Å². The van der Waals surface area contributed by atoms with Gasteiger partial charge in [-0.25, -0.2) is 0 Å². The lowest BCUT2D eigenvalue weighted by molar-refractivity contribution is 0.115. The zero-order valence-electron chi connectivity index (χ0n) is 12.6. The molecule has 1 aliphatic heterocycles. The van der Waals surface area contributed by atoms with Gasteiger partial charge < -0.3 is 15.4 Å². The number of benzene rings is 1. The Kier molecular flexibility index (Phi) is 6.20. The molecule has 1 saturated heterocycles. The molecule has 0 bridgehead atoms. The van der Waals surface area contributed by atoms with Crippen LogP contribution in [0, 0.1) is 0 Å². The minimum Gasteiger partial charge on any atom is -0.376 e. The molecule has 0 spiro atoms. The molecule has 0 aliphatic carbocycles. The number of hydrogen-bond acceptors (Lipinski definition) is 4. The highest BCUT2D eigenvalue weighted by molar-refractivity contribution is 7.99. The maximum absolute atomic E-state index is 6.01. The van der Waals surface area contributed by atoms with Crippen LogP contribution in [0.4, 0.5) is 5.69 Å². The number of ether oxygens (including phenoxy) is 1. The molecule has 1 atom stereocenters. The standard InChI is InChI=1S/C16H26N2OS/c1-3-18(12-13-7-6-10-19-13)15-8-5-9-16(20-4-2)14(15)11-17/h5,8-9,13H,3-4,6-7,10-12,17H2,1-2H3. The Bertz CT molecular complexity index is 419. The Morgan fingerprint density at radius 3 is 2.85 bits per heavy atom. The van der Waals surface area contributed by atoms with Crippen molar-refractivity contribution in [3.05, 3.63) is 23.8 Å². The maximum Gasteiger partial charge on any atom is 0.0750 e. The Morgan fingerprint density at radius 2 is 2.25 bits per heavy atom. The third-order valence-electron chi connectivity index (χ3n) is 3.78. The Morgan fingerprint density at radius 1 is 1.40 bits per heavy atom. The van der Waals surface area contributed by atoms with Crippen LogP contribution in [0.25, 0.3) is 0 Å². The molecule has 1 aromatic carbocycles. The van der Waals surface area contributed by atoms with Crippen LogP contribution in [0.3, 0.4) is 0 Å². The van der Waals surface area contributed by atoms with E-state index in [4.69, 9.17) is 10.5 Å². The van der Waals surface area contributed by atoms with Gasteiger partial charge in [0.1, 0.15) is 0 Å². The van der Waals surface area contributed by atoms with Gasteiger partial charge in [-0.15, -0.1) is 11.8 Å². The first-order chi connectivity index (χ1) is 9.80. The van der Waals surface area contributed by atoms with E-state index in [1.54, 1.807) is 0 Å². The van der Waals surface area contributed by atoms with Crippen molar-refractivity contribution in [2.24, 2.45) is 5.73 Å². The fourth-order valence-corrected chi connectivity index (χ4v) is 3.63. The van der Waals surface area contributed by atoms with Gasteiger partial charge in [0.2, 0.25) is 0 Å². The van der Waals surface area contributed by atoms with Crippen LogP contribution in [0.1, 0.15) is 32.3 Å². The van der Waals surface area contributed by atoms with Gasteiger partial charge >= 0.3 is 0 Å². The van der Waals surface area contributed by atoms with Gasteiger partial charge in [-0.3, -0.25) is 0 Å². The van der Waals surface area contributed by atoms with Crippen molar-refractivity contribution in [3.63, 3.8) is 0 Å². The third kappa shape index (κ3) is 3.68. The molecule has 0 radical (unpaired) electrons. The van der Waals surface area contributed by atoms with Crippen molar-refractivity contribution < 1.29 is 4.74 Å². The number of nitrogens with two attached hydrogens (primary N) is 1. The summed E-state index contributed by atoms with van der Waals surface area (Å²) < 4.78 is 5.78. The predicted octanol–water partition coefficient (Wildman–Crippen LogP) is 3.26. The molecule has 0 amide bonds. The monoisotopic (exact) mass is 294 g/mol. The molecule has 1 unspecified atom stereocenters. The van der Waals surface area contributed by atoms with E-state index in [2.05, 4.69) is 36.9 Å². The molecule has 1 heterocycles. The summed E-state index contributed by atoms with van der Waals surface area (Å²) in [5.41, 5.74) is 8.57. The second kappa shape index (κ2) is 7.91. The average Bonchev–Trinajstić information content (AvgIpc) is 2.98. The highest BCUT2D eigenvalue weighted by Crippen LogP contribution is 2.31. The van der Waals surface area contributed by atoms with Crippen LogP contribution < -0.4 is 10.6 Å². The van der Waals surface area contributed by atoms with Crippen LogP contribution >= 0.6 is 11.8 Å². The summed E-state index contributed by atoms with van der Waals surface area (Å²) >= 11 is 1.87. The van der Waals surface area contributed by atoms with Crippen LogP contribution in [-0.2, 0) is 11.3 Å². The molecule has 1 fully saturated rings. The highest BCUT2D eigenvalue weighted by Gasteiger charge is 2.20. The van der Waals surface area contributed by atoms with Crippen LogP contribution in [-0.4, -0.2) is 31.6 Å². The molecule has 2 N–H and O–H groups in total. The summed E-state index contributed by atoms with van der Waals surface area (Å²) in [6.45, 7) is 7.87. The van der Waals surface area contributed by atoms with Crippen LogP contribution in [0.2, 0.25) is 0 Å². The smallest absolute Gasteiger partial charge is 0.0750 e. The first-order valence-corrected chi connectivity index (χ1v) is 8.60. The summed E-state index contributed by atoms with van der Waals surface area (Å²) in [7, 11) is 0. The number of thioether (sulfide) groups is 1. The number of rotatable bonds is 7. The summed E-state index contributed by atoms with van der Waals surface area (Å²) in [6, 6.07) is 6.52. The maximum atomic E-state index is 6.01. The van der Waals surface area contributed by atoms with E-state index in [1.807, 2.05) is 11.8 Å². The van der Waals surface area contributed by atoms with Gasteiger partial charge in [0.25, 0.3) is 0 Å². The lowest BCUT2D eigenvalue weighted by Crippen LogP contribution is -2.33. The molecular weight excluding hydrogens is 268 g/mol. The predicted molar refractivity (Wildman–Crippen MR) is 87.6 cm³/mol. The number of likely N-dealkylation sites (N-methyl/N-ethyl adjacent to an activating group) is 1. The molecule has 0 aromatic heterocycles. The molecule has 3 nitrogen and oxygen atoms in total. The molecule has 0 saturated carbocycles. The van der Waals surface area contributed by atoms with E-state index in [0.717, 1.165) is 25.4 Å². The van der Waals surface area contributed by atoms with E-state index in [9.17, 15) is 0 Å². The lowest BCUT2D eigenvalue weighted by atomic mass is 10.1. The van der Waals surface area contributed by atoms with Gasteiger partial charge in [-0.2, -0.15) is 0 Å². The van der Waals surface area contributed by atoms with Crippen molar-refractivity contribution in [1.29, 1.82) is 0 Å². The number of hydrogen-bond donors (Lipinski definition) is 1. The van der Waals surface area contributed by atoms with Crippen molar-refractivity contribution in [1.82, 2.24) is 0 Å². The average molecular weight is 294 g/mol. The van der Waals surface area contributed by atoms with E-state index >= 15 is 0 Å².